The van der Waals surface area contributed by atoms with Crippen LogP contribution < -0.4 is 0 Å². The van der Waals surface area contributed by atoms with Crippen LogP contribution in [0.1, 0.15) is 63.8 Å². The molecule has 31 heavy (non-hydrogen) atoms. The van der Waals surface area contributed by atoms with Crippen LogP contribution >= 0.6 is 0 Å². The lowest BCUT2D eigenvalue weighted by molar-refractivity contribution is 0.0846. The molecule has 0 fully saturated rings. The summed E-state index contributed by atoms with van der Waals surface area (Å²) in [5, 5.41) is 0. The van der Waals surface area contributed by atoms with Gasteiger partial charge in [0.05, 0.1) is 11.1 Å². The Labute approximate surface area is 188 Å². The average molecular weight is 413 g/mol. The molecule has 162 valence electrons. The van der Waals surface area contributed by atoms with Gasteiger partial charge >= 0.3 is 0 Å². The third kappa shape index (κ3) is 2.34. The summed E-state index contributed by atoms with van der Waals surface area (Å²) in [6.45, 7) is 14.4. The number of hydrogen-bond donors (Lipinski definition) is 0. The lowest BCUT2D eigenvalue weighted by Gasteiger charge is -2.51. The van der Waals surface area contributed by atoms with Crippen LogP contribution in [0.5, 0.6) is 0 Å². The third-order valence-electron chi connectivity index (χ3n) is 9.35. The van der Waals surface area contributed by atoms with E-state index in [0.29, 0.717) is 0 Å². The first-order chi connectivity index (χ1) is 14.4. The summed E-state index contributed by atoms with van der Waals surface area (Å²) in [4.78, 5) is 4.88. The molecule has 0 aromatic heterocycles. The van der Waals surface area contributed by atoms with Crippen molar-refractivity contribution in [1.82, 2.24) is 9.80 Å². The molecule has 0 N–H and O–H groups in total. The number of fused-ring (bicyclic) bond motifs is 3. The molecule has 3 aliphatic rings. The Balaban J connectivity index is 1.86. The minimum absolute atomic E-state index is 0.0194. The molecule has 0 saturated heterocycles. The molecule has 5 rings (SSSR count). The Bertz CT molecular complexity index is 1140. The van der Waals surface area contributed by atoms with Crippen molar-refractivity contribution < 1.29 is 0 Å². The van der Waals surface area contributed by atoms with E-state index in [9.17, 15) is 0 Å². The van der Waals surface area contributed by atoms with Gasteiger partial charge in [-0.15, -0.1) is 0 Å². The van der Waals surface area contributed by atoms with Crippen molar-refractivity contribution in [3.8, 4) is 11.1 Å². The van der Waals surface area contributed by atoms with Gasteiger partial charge in [0.1, 0.15) is 0 Å². The molecule has 2 unspecified atom stereocenters. The predicted octanol–water partition coefficient (Wildman–Crippen LogP) is 6.66. The fourth-order valence-corrected chi connectivity index (χ4v) is 6.34. The van der Waals surface area contributed by atoms with Crippen molar-refractivity contribution in [2.75, 3.05) is 14.1 Å². The largest absolute Gasteiger partial charge is 0.370 e. The van der Waals surface area contributed by atoms with Crippen molar-refractivity contribution in [3.63, 3.8) is 0 Å². The molecule has 2 aliphatic heterocycles. The highest BCUT2D eigenvalue weighted by atomic mass is 15.2. The first-order valence-corrected chi connectivity index (χ1v) is 11.5. The Morgan fingerprint density at radius 3 is 1.84 bits per heavy atom. The zero-order valence-electron chi connectivity index (χ0n) is 20.4. The highest BCUT2D eigenvalue weighted by Gasteiger charge is 2.55. The third-order valence-corrected chi connectivity index (χ3v) is 9.35. The molecule has 2 heteroatoms. The van der Waals surface area contributed by atoms with Crippen molar-refractivity contribution in [1.29, 1.82) is 0 Å². The fraction of sp³-hybridized carbons (Fsp3) is 0.448. The summed E-state index contributed by atoms with van der Waals surface area (Å²) < 4.78 is 0. The summed E-state index contributed by atoms with van der Waals surface area (Å²) in [5.41, 5.74) is 8.58. The van der Waals surface area contributed by atoms with Gasteiger partial charge in [0.2, 0.25) is 0 Å². The summed E-state index contributed by atoms with van der Waals surface area (Å²) in [7, 11) is 4.49. The first-order valence-electron chi connectivity index (χ1n) is 11.5. The SMILES string of the molecule is CN1C=CC(C)(C)C1(C)c1ccc2c(c1C1(C)N(C)C=CC1(C)C)Cc1ccccc1-2. The Hall–Kier alpha value is -2.48. The van der Waals surface area contributed by atoms with Gasteiger partial charge in [-0.3, -0.25) is 0 Å². The number of benzene rings is 2. The minimum atomic E-state index is -0.127. The van der Waals surface area contributed by atoms with Gasteiger partial charge in [0.15, 0.2) is 0 Å². The predicted molar refractivity (Wildman–Crippen MR) is 131 cm³/mol. The van der Waals surface area contributed by atoms with Crippen LogP contribution in [0.2, 0.25) is 0 Å². The summed E-state index contributed by atoms with van der Waals surface area (Å²) in [6, 6.07) is 13.8. The van der Waals surface area contributed by atoms with Crippen molar-refractivity contribution in [2.45, 2.75) is 59.0 Å². The molecule has 2 aromatic carbocycles. The standard InChI is InChI=1S/C29H36N2/c1-26(2)15-17-30(7)28(26,5)24-14-13-22-21-12-10-9-11-20(21)19-23(22)25(24)29(6)27(3,4)16-18-31(29)8/h9-18H,19H2,1-8H3. The molecule has 2 aromatic rings. The Morgan fingerprint density at radius 1 is 0.677 bits per heavy atom. The van der Waals surface area contributed by atoms with Crippen molar-refractivity contribution >= 4 is 0 Å². The van der Waals surface area contributed by atoms with Gasteiger partial charge in [-0.25, -0.2) is 0 Å². The smallest absolute Gasteiger partial charge is 0.0709 e. The molecule has 0 saturated carbocycles. The van der Waals surface area contributed by atoms with Crippen molar-refractivity contribution in [2.24, 2.45) is 10.8 Å². The fourth-order valence-electron chi connectivity index (χ4n) is 6.34. The van der Waals surface area contributed by atoms with E-state index in [4.69, 9.17) is 0 Å². The van der Waals surface area contributed by atoms with E-state index < -0.39 is 0 Å². The molecular formula is C29H36N2. The molecule has 2 atom stereocenters. The zero-order chi connectivity index (χ0) is 22.4. The van der Waals surface area contributed by atoms with Crippen molar-refractivity contribution in [3.05, 3.63) is 83.2 Å². The van der Waals surface area contributed by atoms with Gasteiger partial charge < -0.3 is 9.80 Å². The lowest BCUT2D eigenvalue weighted by Crippen LogP contribution is -2.51. The van der Waals surface area contributed by atoms with Crippen LogP contribution in [0.3, 0.4) is 0 Å². The highest BCUT2D eigenvalue weighted by Crippen LogP contribution is 2.58. The maximum absolute atomic E-state index is 2.45. The maximum Gasteiger partial charge on any atom is 0.0709 e. The molecule has 2 heterocycles. The Morgan fingerprint density at radius 2 is 1.26 bits per heavy atom. The first kappa shape index (κ1) is 20.4. The highest BCUT2D eigenvalue weighted by molar-refractivity contribution is 5.79. The lowest BCUT2D eigenvalue weighted by atomic mass is 9.62. The second-order valence-corrected chi connectivity index (χ2v) is 11.3. The van der Waals surface area contributed by atoms with E-state index in [-0.39, 0.29) is 21.9 Å². The van der Waals surface area contributed by atoms with Crippen LogP contribution in [-0.2, 0) is 17.5 Å². The van der Waals surface area contributed by atoms with E-state index in [2.05, 4.69) is 126 Å². The van der Waals surface area contributed by atoms with E-state index in [0.717, 1.165) is 6.42 Å². The summed E-state index contributed by atoms with van der Waals surface area (Å²) >= 11 is 0. The number of nitrogens with zero attached hydrogens (tertiary/aromatic N) is 2. The molecule has 1 aliphatic carbocycles. The van der Waals surface area contributed by atoms with Crippen LogP contribution in [0.15, 0.2) is 61.0 Å². The van der Waals surface area contributed by atoms with Crippen LogP contribution in [0.25, 0.3) is 11.1 Å². The van der Waals surface area contributed by atoms with E-state index in [1.165, 1.54) is 33.4 Å². The normalized spacial score (nSPS) is 29.5. The molecular weight excluding hydrogens is 376 g/mol. The summed E-state index contributed by atoms with van der Waals surface area (Å²) in [5.74, 6) is 0. The molecule has 2 nitrogen and oxygen atoms in total. The van der Waals surface area contributed by atoms with Gasteiger partial charge in [-0.2, -0.15) is 0 Å². The van der Waals surface area contributed by atoms with Crippen LogP contribution in [0, 0.1) is 10.8 Å². The van der Waals surface area contributed by atoms with Gasteiger partial charge in [0, 0.05) is 24.9 Å². The molecule has 0 spiro atoms. The summed E-state index contributed by atoms with van der Waals surface area (Å²) in [6.07, 6.45) is 10.3. The van der Waals surface area contributed by atoms with Gasteiger partial charge in [-0.05, 0) is 66.0 Å². The second kappa shape index (κ2) is 6.06. The minimum Gasteiger partial charge on any atom is -0.370 e. The monoisotopic (exact) mass is 412 g/mol. The Kier molecular flexibility index (Phi) is 3.99. The number of hydrogen-bond acceptors (Lipinski definition) is 2. The van der Waals surface area contributed by atoms with E-state index in [1.807, 2.05) is 0 Å². The quantitative estimate of drug-likeness (QED) is 0.464. The van der Waals surface area contributed by atoms with Gasteiger partial charge in [0.25, 0.3) is 0 Å². The second-order valence-electron chi connectivity index (χ2n) is 11.3. The number of rotatable bonds is 2. The van der Waals surface area contributed by atoms with Crippen LogP contribution in [0.4, 0.5) is 0 Å². The van der Waals surface area contributed by atoms with Gasteiger partial charge in [-0.1, -0.05) is 76.2 Å². The topological polar surface area (TPSA) is 6.48 Å². The van der Waals surface area contributed by atoms with E-state index in [1.54, 1.807) is 0 Å². The molecule has 0 amide bonds. The van der Waals surface area contributed by atoms with E-state index >= 15 is 0 Å². The average Bonchev–Trinajstić information content (AvgIpc) is 3.28. The molecule has 0 radical (unpaired) electrons. The molecule has 0 bridgehead atoms. The zero-order valence-corrected chi connectivity index (χ0v) is 20.4. The van der Waals surface area contributed by atoms with Crippen LogP contribution in [-0.4, -0.2) is 23.9 Å². The maximum atomic E-state index is 2.45.